The minimum absolute atomic E-state index is 0.184. The highest BCUT2D eigenvalue weighted by Gasteiger charge is 2.35. The van der Waals surface area contributed by atoms with Gasteiger partial charge in [0.1, 0.15) is 11.6 Å². The number of ether oxygens (including phenoxy) is 1. The molecule has 0 bridgehead atoms. The van der Waals surface area contributed by atoms with Crippen molar-refractivity contribution < 1.29 is 14.2 Å². The SMILES string of the molecule is COc1ccc(C2CCN(C3CCN(Cc4ccc(F)cc4)C3)CC2O)cc1. The summed E-state index contributed by atoms with van der Waals surface area (Å²) in [5.41, 5.74) is 2.35. The molecular weight excluding hydrogens is 355 g/mol. The van der Waals surface area contributed by atoms with Gasteiger partial charge in [-0.15, -0.1) is 0 Å². The number of piperidine rings is 1. The molecule has 3 atom stereocenters. The lowest BCUT2D eigenvalue weighted by atomic mass is 9.86. The second-order valence-electron chi connectivity index (χ2n) is 8.03. The predicted octanol–water partition coefficient (Wildman–Crippen LogP) is 3.26. The molecule has 4 rings (SSSR count). The number of aliphatic hydroxyl groups excluding tert-OH is 1. The van der Waals surface area contributed by atoms with Gasteiger partial charge < -0.3 is 9.84 Å². The van der Waals surface area contributed by atoms with E-state index in [2.05, 4.69) is 21.9 Å². The Hall–Kier alpha value is -1.95. The number of hydrogen-bond donors (Lipinski definition) is 1. The highest BCUT2D eigenvalue weighted by atomic mass is 19.1. The molecule has 0 radical (unpaired) electrons. The van der Waals surface area contributed by atoms with Crippen LogP contribution in [0.2, 0.25) is 0 Å². The maximum absolute atomic E-state index is 13.1. The first kappa shape index (κ1) is 19.4. The van der Waals surface area contributed by atoms with Crippen molar-refractivity contribution in [2.24, 2.45) is 0 Å². The molecule has 2 heterocycles. The number of β-amino-alcohol motifs (C(OH)–C–C–N with tert-alkyl or cyclic N) is 1. The summed E-state index contributed by atoms with van der Waals surface area (Å²) in [6.07, 6.45) is 1.76. The summed E-state index contributed by atoms with van der Waals surface area (Å²) < 4.78 is 18.3. The summed E-state index contributed by atoms with van der Waals surface area (Å²) >= 11 is 0. The third-order valence-corrected chi connectivity index (χ3v) is 6.24. The van der Waals surface area contributed by atoms with Crippen LogP contribution in [0.3, 0.4) is 0 Å². The van der Waals surface area contributed by atoms with Crippen LogP contribution in [0, 0.1) is 5.82 Å². The molecule has 4 nitrogen and oxygen atoms in total. The molecule has 0 amide bonds. The molecule has 2 aromatic carbocycles. The number of hydrogen-bond acceptors (Lipinski definition) is 4. The lowest BCUT2D eigenvalue weighted by Gasteiger charge is -2.39. The third-order valence-electron chi connectivity index (χ3n) is 6.24. The van der Waals surface area contributed by atoms with Crippen molar-refractivity contribution in [1.29, 1.82) is 0 Å². The van der Waals surface area contributed by atoms with Gasteiger partial charge in [0.2, 0.25) is 0 Å². The van der Waals surface area contributed by atoms with Gasteiger partial charge in [-0.05, 0) is 54.8 Å². The fourth-order valence-electron chi connectivity index (χ4n) is 4.63. The van der Waals surface area contributed by atoms with E-state index >= 15 is 0 Å². The van der Waals surface area contributed by atoms with Crippen molar-refractivity contribution in [2.45, 2.75) is 37.5 Å². The number of benzene rings is 2. The molecule has 3 unspecified atom stereocenters. The molecule has 0 aliphatic carbocycles. The molecule has 2 aliphatic rings. The zero-order chi connectivity index (χ0) is 19.5. The molecule has 1 N–H and O–H groups in total. The van der Waals surface area contributed by atoms with E-state index in [1.165, 1.54) is 17.7 Å². The van der Waals surface area contributed by atoms with Crippen LogP contribution in [0.5, 0.6) is 5.75 Å². The normalized spacial score (nSPS) is 26.5. The molecule has 0 saturated carbocycles. The number of nitrogens with zero attached hydrogens (tertiary/aromatic N) is 2. The molecule has 2 fully saturated rings. The Morgan fingerprint density at radius 1 is 1.00 bits per heavy atom. The lowest BCUT2D eigenvalue weighted by Crippen LogP contribution is -2.48. The number of likely N-dealkylation sites (tertiary alicyclic amines) is 2. The molecule has 28 heavy (non-hydrogen) atoms. The largest absolute Gasteiger partial charge is 0.497 e. The van der Waals surface area contributed by atoms with E-state index < -0.39 is 0 Å². The maximum Gasteiger partial charge on any atom is 0.123 e. The van der Waals surface area contributed by atoms with E-state index in [4.69, 9.17) is 4.74 Å². The molecule has 0 aromatic heterocycles. The van der Waals surface area contributed by atoms with E-state index in [1.54, 1.807) is 7.11 Å². The van der Waals surface area contributed by atoms with Gasteiger partial charge in [-0.3, -0.25) is 9.80 Å². The van der Waals surface area contributed by atoms with Crippen molar-refractivity contribution in [3.8, 4) is 5.75 Å². The van der Waals surface area contributed by atoms with Crippen molar-refractivity contribution in [3.05, 3.63) is 65.5 Å². The summed E-state index contributed by atoms with van der Waals surface area (Å²) in [5.74, 6) is 0.860. The monoisotopic (exact) mass is 384 g/mol. The van der Waals surface area contributed by atoms with Crippen LogP contribution in [0.15, 0.2) is 48.5 Å². The van der Waals surface area contributed by atoms with Gasteiger partial charge in [-0.25, -0.2) is 4.39 Å². The fraction of sp³-hybridized carbons (Fsp3) is 0.478. The van der Waals surface area contributed by atoms with Crippen LogP contribution in [0.1, 0.15) is 29.9 Å². The first-order valence-corrected chi connectivity index (χ1v) is 10.2. The standard InChI is InChI=1S/C23H29FN2O2/c1-28-21-8-4-18(5-9-21)22-11-13-26(16-23(22)27)20-10-12-25(15-20)14-17-2-6-19(24)7-3-17/h2-9,20,22-23,27H,10-16H2,1H3. The predicted molar refractivity (Wildman–Crippen MR) is 108 cm³/mol. The van der Waals surface area contributed by atoms with Crippen LogP contribution in [-0.4, -0.2) is 60.3 Å². The quantitative estimate of drug-likeness (QED) is 0.858. The Balaban J connectivity index is 1.31. The van der Waals surface area contributed by atoms with Gasteiger partial charge in [0.25, 0.3) is 0 Å². The van der Waals surface area contributed by atoms with Crippen LogP contribution in [0.25, 0.3) is 0 Å². The molecule has 0 spiro atoms. The fourth-order valence-corrected chi connectivity index (χ4v) is 4.63. The number of halogens is 1. The first-order chi connectivity index (χ1) is 13.6. The summed E-state index contributed by atoms with van der Waals surface area (Å²) in [4.78, 5) is 4.88. The summed E-state index contributed by atoms with van der Waals surface area (Å²) in [6.45, 7) is 4.67. The average Bonchev–Trinajstić information content (AvgIpc) is 3.18. The third kappa shape index (κ3) is 4.37. The molecule has 2 saturated heterocycles. The highest BCUT2D eigenvalue weighted by molar-refractivity contribution is 5.30. The van der Waals surface area contributed by atoms with Crippen LogP contribution >= 0.6 is 0 Å². The molecule has 2 aliphatic heterocycles. The topological polar surface area (TPSA) is 35.9 Å². The summed E-state index contributed by atoms with van der Waals surface area (Å²) in [7, 11) is 1.67. The van der Waals surface area contributed by atoms with Crippen molar-refractivity contribution >= 4 is 0 Å². The minimum atomic E-state index is -0.340. The number of methoxy groups -OCH3 is 1. The van der Waals surface area contributed by atoms with Crippen molar-refractivity contribution in [3.63, 3.8) is 0 Å². The van der Waals surface area contributed by atoms with Gasteiger partial charge in [0.05, 0.1) is 13.2 Å². The van der Waals surface area contributed by atoms with Gasteiger partial charge in [-0.2, -0.15) is 0 Å². The zero-order valence-electron chi connectivity index (χ0n) is 16.4. The van der Waals surface area contributed by atoms with Gasteiger partial charge in [-0.1, -0.05) is 24.3 Å². The molecule has 5 heteroatoms. The molecule has 150 valence electrons. The Kier molecular flexibility index (Phi) is 5.95. The van der Waals surface area contributed by atoms with E-state index in [9.17, 15) is 9.50 Å². The molecule has 2 aromatic rings. The first-order valence-electron chi connectivity index (χ1n) is 10.2. The average molecular weight is 384 g/mol. The van der Waals surface area contributed by atoms with Gasteiger partial charge >= 0.3 is 0 Å². The van der Waals surface area contributed by atoms with E-state index in [-0.39, 0.29) is 17.8 Å². The van der Waals surface area contributed by atoms with E-state index in [1.807, 2.05) is 24.3 Å². The van der Waals surface area contributed by atoms with Crippen LogP contribution < -0.4 is 4.74 Å². The summed E-state index contributed by atoms with van der Waals surface area (Å²) in [5, 5.41) is 10.8. The van der Waals surface area contributed by atoms with Crippen LogP contribution in [-0.2, 0) is 6.54 Å². The van der Waals surface area contributed by atoms with Crippen molar-refractivity contribution in [2.75, 3.05) is 33.3 Å². The Morgan fingerprint density at radius 3 is 2.43 bits per heavy atom. The highest BCUT2D eigenvalue weighted by Crippen LogP contribution is 2.32. The maximum atomic E-state index is 13.1. The Morgan fingerprint density at radius 2 is 1.75 bits per heavy atom. The van der Waals surface area contributed by atoms with Gasteiger partial charge in [0.15, 0.2) is 0 Å². The van der Waals surface area contributed by atoms with E-state index in [0.717, 1.165) is 56.9 Å². The second-order valence-corrected chi connectivity index (χ2v) is 8.03. The minimum Gasteiger partial charge on any atom is -0.497 e. The van der Waals surface area contributed by atoms with Gasteiger partial charge in [0, 0.05) is 38.1 Å². The van der Waals surface area contributed by atoms with E-state index in [0.29, 0.717) is 6.04 Å². The second kappa shape index (κ2) is 8.60. The zero-order valence-corrected chi connectivity index (χ0v) is 16.4. The van der Waals surface area contributed by atoms with Crippen LogP contribution in [0.4, 0.5) is 4.39 Å². The number of aliphatic hydroxyl groups is 1. The lowest BCUT2D eigenvalue weighted by molar-refractivity contribution is 0.0312. The smallest absolute Gasteiger partial charge is 0.123 e. The summed E-state index contributed by atoms with van der Waals surface area (Å²) in [6, 6.07) is 15.4. The van der Waals surface area contributed by atoms with Crippen molar-refractivity contribution in [1.82, 2.24) is 9.80 Å². The number of rotatable bonds is 5. The molecular formula is C23H29FN2O2. The Bertz CT molecular complexity index is 765. The Labute approximate surface area is 166 Å².